The molecule has 2 aromatic heterocycles. The second-order valence-corrected chi connectivity index (χ2v) is 9.10. The van der Waals surface area contributed by atoms with Crippen LogP contribution in [-0.4, -0.2) is 41.9 Å². The molecule has 1 saturated heterocycles. The first-order valence-electron chi connectivity index (χ1n) is 11.3. The zero-order valence-corrected chi connectivity index (χ0v) is 20.2. The van der Waals surface area contributed by atoms with Gasteiger partial charge in [-0.1, -0.05) is 0 Å². The lowest BCUT2D eigenvalue weighted by atomic mass is 10.2. The summed E-state index contributed by atoms with van der Waals surface area (Å²) in [6.45, 7) is 6.45. The summed E-state index contributed by atoms with van der Waals surface area (Å²) in [5, 5.41) is 5.54. The summed E-state index contributed by atoms with van der Waals surface area (Å²) in [7, 11) is 1.63. The number of methoxy groups -OCH3 is 1. The van der Waals surface area contributed by atoms with E-state index in [1.165, 1.54) is 22.7 Å². The van der Waals surface area contributed by atoms with E-state index in [0.29, 0.717) is 30.7 Å². The van der Waals surface area contributed by atoms with Crippen LogP contribution in [0.5, 0.6) is 11.5 Å². The first kappa shape index (κ1) is 23.3. The molecule has 8 heteroatoms. The Morgan fingerprint density at radius 1 is 1.27 bits per heavy atom. The van der Waals surface area contributed by atoms with Gasteiger partial charge in [0.2, 0.25) is 5.91 Å². The average molecular weight is 470 g/mol. The normalized spacial score (nSPS) is 15.5. The van der Waals surface area contributed by atoms with Gasteiger partial charge in [0, 0.05) is 41.9 Å². The third-order valence-electron chi connectivity index (χ3n) is 5.89. The van der Waals surface area contributed by atoms with Crippen LogP contribution >= 0.6 is 11.3 Å². The Labute approximate surface area is 198 Å². The highest BCUT2D eigenvalue weighted by atomic mass is 32.1. The van der Waals surface area contributed by atoms with Gasteiger partial charge in [-0.05, 0) is 63.4 Å². The van der Waals surface area contributed by atoms with E-state index in [0.717, 1.165) is 48.7 Å². The van der Waals surface area contributed by atoms with Crippen LogP contribution in [0.2, 0.25) is 0 Å². The molecule has 7 nitrogen and oxygen atoms in total. The van der Waals surface area contributed by atoms with E-state index < -0.39 is 0 Å². The van der Waals surface area contributed by atoms with Gasteiger partial charge in [-0.3, -0.25) is 4.79 Å². The molecule has 1 aliphatic rings. The molecule has 176 valence electrons. The number of aromatic nitrogens is 2. The Morgan fingerprint density at radius 3 is 2.79 bits per heavy atom. The minimum Gasteiger partial charge on any atom is -0.497 e. The molecule has 33 heavy (non-hydrogen) atoms. The fraction of sp³-hybridized carbons (Fsp3) is 0.440. The van der Waals surface area contributed by atoms with Gasteiger partial charge in [0.25, 0.3) is 0 Å². The maximum absolute atomic E-state index is 12.3. The number of nitrogens with one attached hydrogen (secondary N) is 1. The summed E-state index contributed by atoms with van der Waals surface area (Å²) in [5.74, 6) is 1.49. The standard InChI is InChI=1S/C25H31N3O4S/c1-17-14-22(18(2)28(17)15-21-6-4-12-32-21)23-16-33-25(26-23)27-24(29)7-5-13-31-20-10-8-19(30-3)9-11-20/h8-11,14,16,21H,4-7,12-13,15H2,1-3H3,(H,26,27,29). The molecule has 1 unspecified atom stereocenters. The monoisotopic (exact) mass is 469 g/mol. The molecule has 0 saturated carbocycles. The first-order chi connectivity index (χ1) is 16.0. The molecule has 1 amide bonds. The molecule has 1 aromatic carbocycles. The van der Waals surface area contributed by atoms with Gasteiger partial charge in [-0.25, -0.2) is 4.98 Å². The average Bonchev–Trinajstić information content (AvgIpc) is 3.55. The van der Waals surface area contributed by atoms with Crippen molar-refractivity contribution in [2.45, 2.75) is 52.2 Å². The van der Waals surface area contributed by atoms with E-state index in [2.05, 4.69) is 34.8 Å². The number of carbonyl (C=O) groups is 1. The van der Waals surface area contributed by atoms with Crippen LogP contribution in [-0.2, 0) is 16.1 Å². The molecule has 4 rings (SSSR count). The minimum atomic E-state index is -0.0573. The lowest BCUT2D eigenvalue weighted by Gasteiger charge is -2.14. The molecule has 0 bridgehead atoms. The van der Waals surface area contributed by atoms with Crippen molar-refractivity contribution < 1.29 is 19.0 Å². The predicted molar refractivity (Wildman–Crippen MR) is 130 cm³/mol. The largest absolute Gasteiger partial charge is 0.497 e. The third-order valence-corrected chi connectivity index (χ3v) is 6.64. The van der Waals surface area contributed by atoms with Crippen LogP contribution < -0.4 is 14.8 Å². The molecule has 1 aliphatic heterocycles. The van der Waals surface area contributed by atoms with E-state index in [4.69, 9.17) is 14.2 Å². The van der Waals surface area contributed by atoms with Crippen molar-refractivity contribution in [1.29, 1.82) is 0 Å². The van der Waals surface area contributed by atoms with Gasteiger partial charge >= 0.3 is 0 Å². The second kappa shape index (κ2) is 10.9. The molecule has 0 aliphatic carbocycles. The Hall–Kier alpha value is -2.84. The highest BCUT2D eigenvalue weighted by Crippen LogP contribution is 2.31. The number of hydrogen-bond acceptors (Lipinski definition) is 6. The summed E-state index contributed by atoms with van der Waals surface area (Å²) < 4.78 is 18.9. The third kappa shape index (κ3) is 5.94. The number of anilines is 1. The lowest BCUT2D eigenvalue weighted by molar-refractivity contribution is -0.116. The van der Waals surface area contributed by atoms with Gasteiger partial charge in [-0.15, -0.1) is 11.3 Å². The van der Waals surface area contributed by atoms with Crippen LogP contribution in [0.25, 0.3) is 11.3 Å². The van der Waals surface area contributed by atoms with Crippen LogP contribution in [0, 0.1) is 13.8 Å². The molecule has 1 atom stereocenters. The fourth-order valence-corrected chi connectivity index (χ4v) is 4.79. The Balaban J connectivity index is 1.27. The van der Waals surface area contributed by atoms with E-state index in [9.17, 15) is 4.79 Å². The van der Waals surface area contributed by atoms with Gasteiger partial charge in [0.05, 0.1) is 25.5 Å². The van der Waals surface area contributed by atoms with Crippen LogP contribution in [0.4, 0.5) is 5.13 Å². The first-order valence-corrected chi connectivity index (χ1v) is 12.2. The summed E-state index contributed by atoms with van der Waals surface area (Å²) in [6, 6.07) is 9.58. The fourth-order valence-electron chi connectivity index (χ4n) is 4.06. The SMILES string of the molecule is COc1ccc(OCCCC(=O)Nc2nc(-c3cc(C)n(CC4CCCO4)c3C)cs2)cc1. The number of carbonyl (C=O) groups excluding carboxylic acids is 1. The van der Waals surface area contributed by atoms with Crippen molar-refractivity contribution in [2.24, 2.45) is 0 Å². The second-order valence-electron chi connectivity index (χ2n) is 8.24. The van der Waals surface area contributed by atoms with Crippen LogP contribution in [0.1, 0.15) is 37.1 Å². The van der Waals surface area contributed by atoms with Gasteiger partial charge in [-0.2, -0.15) is 0 Å². The number of hydrogen-bond donors (Lipinski definition) is 1. The molecule has 3 heterocycles. The number of aryl methyl sites for hydroxylation is 1. The molecular weight excluding hydrogens is 438 g/mol. The summed E-state index contributed by atoms with van der Waals surface area (Å²) in [5.41, 5.74) is 4.38. The van der Waals surface area contributed by atoms with E-state index in [-0.39, 0.29) is 5.91 Å². The number of ether oxygens (including phenoxy) is 3. The zero-order valence-electron chi connectivity index (χ0n) is 19.4. The maximum Gasteiger partial charge on any atom is 0.226 e. The highest BCUT2D eigenvalue weighted by molar-refractivity contribution is 7.14. The summed E-state index contributed by atoms with van der Waals surface area (Å²) >= 11 is 1.45. The van der Waals surface area contributed by atoms with Crippen molar-refractivity contribution in [3.63, 3.8) is 0 Å². The number of nitrogens with zero attached hydrogens (tertiary/aromatic N) is 2. The zero-order chi connectivity index (χ0) is 23.2. The minimum absolute atomic E-state index is 0.0573. The van der Waals surface area contributed by atoms with Gasteiger partial charge in [0.1, 0.15) is 11.5 Å². The summed E-state index contributed by atoms with van der Waals surface area (Å²) in [4.78, 5) is 17.0. The van der Waals surface area contributed by atoms with E-state index in [1.54, 1.807) is 7.11 Å². The topological polar surface area (TPSA) is 74.6 Å². The smallest absolute Gasteiger partial charge is 0.226 e. The Morgan fingerprint density at radius 2 is 2.06 bits per heavy atom. The molecule has 0 spiro atoms. The quantitative estimate of drug-likeness (QED) is 0.413. The number of amides is 1. The van der Waals surface area contributed by atoms with Crippen molar-refractivity contribution in [2.75, 3.05) is 25.6 Å². The van der Waals surface area contributed by atoms with Gasteiger partial charge in [0.15, 0.2) is 5.13 Å². The van der Waals surface area contributed by atoms with Crippen molar-refractivity contribution in [1.82, 2.24) is 9.55 Å². The van der Waals surface area contributed by atoms with Crippen molar-refractivity contribution >= 4 is 22.4 Å². The molecule has 3 aromatic rings. The number of benzene rings is 1. The van der Waals surface area contributed by atoms with Gasteiger partial charge < -0.3 is 24.1 Å². The van der Waals surface area contributed by atoms with Crippen molar-refractivity contribution in [3.8, 4) is 22.8 Å². The Bertz CT molecular complexity index is 1070. The maximum atomic E-state index is 12.3. The molecule has 1 fully saturated rings. The van der Waals surface area contributed by atoms with E-state index in [1.807, 2.05) is 29.6 Å². The predicted octanol–water partition coefficient (Wildman–Crippen LogP) is 5.21. The number of rotatable bonds is 10. The summed E-state index contributed by atoms with van der Waals surface area (Å²) in [6.07, 6.45) is 3.55. The Kier molecular flexibility index (Phi) is 7.67. The van der Waals surface area contributed by atoms with Crippen LogP contribution in [0.3, 0.4) is 0 Å². The van der Waals surface area contributed by atoms with E-state index >= 15 is 0 Å². The molecular formula is C25H31N3O4S. The molecule has 0 radical (unpaired) electrons. The molecule has 1 N–H and O–H groups in total. The van der Waals surface area contributed by atoms with Crippen LogP contribution in [0.15, 0.2) is 35.7 Å². The highest BCUT2D eigenvalue weighted by Gasteiger charge is 2.20. The van der Waals surface area contributed by atoms with Crippen molar-refractivity contribution in [3.05, 3.63) is 47.1 Å². The lowest BCUT2D eigenvalue weighted by Crippen LogP contribution is -2.16. The number of thiazole rings is 1.